The zero-order valence-electron chi connectivity index (χ0n) is 11.6. The van der Waals surface area contributed by atoms with Crippen LogP contribution in [-0.2, 0) is 25.8 Å². The Bertz CT molecular complexity index is 313. The van der Waals surface area contributed by atoms with Crippen molar-refractivity contribution in [2.45, 2.75) is 26.4 Å². The van der Waals surface area contributed by atoms with Crippen LogP contribution in [0.3, 0.4) is 0 Å². The minimum absolute atomic E-state index is 0. The molecule has 1 aromatic rings. The normalized spacial score (nSPS) is 9.42. The SMILES string of the molecule is C[Si]C.Cc1ccccc1[NH-].Cl.Cl.[C-]1=CC=CC1.[Hf]. The van der Waals surface area contributed by atoms with Crippen molar-refractivity contribution in [1.29, 1.82) is 0 Å². The number of benzene rings is 1. The minimum Gasteiger partial charge on any atom is -0.699 e. The number of hydrogen-bond donors (Lipinski definition) is 0. The number of rotatable bonds is 0. The van der Waals surface area contributed by atoms with E-state index in [2.05, 4.69) is 25.2 Å². The molecule has 2 radical (unpaired) electrons. The second-order valence-electron chi connectivity index (χ2n) is 3.32. The van der Waals surface area contributed by atoms with Gasteiger partial charge < -0.3 is 5.73 Å². The molecular formula is C14H21Cl2HfNSi-2. The van der Waals surface area contributed by atoms with Gasteiger partial charge in [0.25, 0.3) is 0 Å². The Labute approximate surface area is 151 Å². The molecule has 1 aliphatic carbocycles. The summed E-state index contributed by atoms with van der Waals surface area (Å²) in [7, 11) is 1.08. The van der Waals surface area contributed by atoms with Gasteiger partial charge in [-0.3, -0.25) is 6.08 Å². The summed E-state index contributed by atoms with van der Waals surface area (Å²) in [4.78, 5) is 0. The van der Waals surface area contributed by atoms with E-state index in [1.54, 1.807) is 6.07 Å². The quantitative estimate of drug-likeness (QED) is 0.340. The van der Waals surface area contributed by atoms with Gasteiger partial charge in [-0.1, -0.05) is 42.9 Å². The molecule has 0 saturated heterocycles. The number of halogens is 2. The predicted octanol–water partition coefficient (Wildman–Crippen LogP) is 5.61. The van der Waals surface area contributed by atoms with Gasteiger partial charge in [0.05, 0.1) is 0 Å². The average Bonchev–Trinajstić information content (AvgIpc) is 2.82. The summed E-state index contributed by atoms with van der Waals surface area (Å²) >= 11 is 0. The Morgan fingerprint density at radius 1 is 1.16 bits per heavy atom. The Hall–Kier alpha value is 0.167. The number of allylic oxidation sites excluding steroid dienone is 4. The van der Waals surface area contributed by atoms with Gasteiger partial charge in [-0.15, -0.1) is 36.9 Å². The summed E-state index contributed by atoms with van der Waals surface area (Å²) < 4.78 is 0. The third-order valence-electron chi connectivity index (χ3n) is 1.73. The van der Waals surface area contributed by atoms with Crippen LogP contribution in [0.5, 0.6) is 0 Å². The summed E-state index contributed by atoms with van der Waals surface area (Å²) in [6.07, 6.45) is 10.0. The zero-order valence-corrected chi connectivity index (χ0v) is 17.8. The van der Waals surface area contributed by atoms with Gasteiger partial charge in [-0.25, -0.2) is 12.2 Å². The largest absolute Gasteiger partial charge is 0.699 e. The molecule has 0 aliphatic heterocycles. The summed E-state index contributed by atoms with van der Waals surface area (Å²) in [5, 5.41) is 0. The monoisotopic (exact) mass is 481 g/mol. The van der Waals surface area contributed by atoms with Gasteiger partial charge in [0.1, 0.15) is 0 Å². The standard InChI is InChI=1S/C7H8N.C5H5.C2H6Si.2ClH.Hf/c1-6-4-2-3-5-7(6)8;1-2-4-5-3-1;1-3-2;;;/h2-5,8H,1H3;1-3H,4H2;1-2H3;2*1H;/q2*-1;;;;. The Morgan fingerprint density at radius 2 is 1.68 bits per heavy atom. The number of nitrogens with one attached hydrogen (secondary N) is 1. The Morgan fingerprint density at radius 3 is 1.89 bits per heavy atom. The minimum atomic E-state index is 0. The van der Waals surface area contributed by atoms with Crippen LogP contribution >= 0.6 is 24.8 Å². The van der Waals surface area contributed by atoms with Crippen LogP contribution in [0.2, 0.25) is 13.1 Å². The van der Waals surface area contributed by atoms with Crippen molar-refractivity contribution in [2.24, 2.45) is 0 Å². The molecule has 0 saturated carbocycles. The first-order valence-corrected chi connectivity index (χ1v) is 7.29. The third-order valence-corrected chi connectivity index (χ3v) is 1.73. The van der Waals surface area contributed by atoms with E-state index < -0.39 is 0 Å². The molecule has 1 nitrogen and oxygen atoms in total. The molecule has 0 bridgehead atoms. The molecule has 0 heterocycles. The molecular weight excluding hydrogens is 460 g/mol. The molecule has 0 atom stereocenters. The molecule has 1 aliphatic rings. The summed E-state index contributed by atoms with van der Waals surface area (Å²) in [6.45, 7) is 6.24. The van der Waals surface area contributed by atoms with Crippen LogP contribution in [0, 0.1) is 13.0 Å². The first-order chi connectivity index (χ1) is 7.72. The van der Waals surface area contributed by atoms with Crippen LogP contribution in [0.15, 0.2) is 42.5 Å². The van der Waals surface area contributed by atoms with Crippen molar-refractivity contribution in [1.82, 2.24) is 0 Å². The molecule has 0 unspecified atom stereocenters. The van der Waals surface area contributed by atoms with Crippen molar-refractivity contribution >= 4 is 40.0 Å². The van der Waals surface area contributed by atoms with Crippen molar-refractivity contribution < 1.29 is 25.8 Å². The maximum atomic E-state index is 7.22. The van der Waals surface area contributed by atoms with Gasteiger partial charge in [-0.2, -0.15) is 6.08 Å². The smallest absolute Gasteiger partial charge is 0.0307 e. The van der Waals surface area contributed by atoms with E-state index >= 15 is 0 Å². The second kappa shape index (κ2) is 20.5. The molecule has 1 N–H and O–H groups in total. The maximum absolute atomic E-state index is 7.22. The van der Waals surface area contributed by atoms with E-state index in [1.807, 2.05) is 37.3 Å². The third kappa shape index (κ3) is 18.2. The van der Waals surface area contributed by atoms with Crippen LogP contribution < -0.4 is 0 Å². The van der Waals surface area contributed by atoms with Gasteiger partial charge >= 0.3 is 0 Å². The average molecular weight is 481 g/mol. The van der Waals surface area contributed by atoms with Gasteiger partial charge in [0.15, 0.2) is 0 Å². The number of aryl methyl sites for hydroxylation is 1. The molecule has 19 heavy (non-hydrogen) atoms. The summed E-state index contributed by atoms with van der Waals surface area (Å²) in [6, 6.07) is 7.53. The Kier molecular flexibility index (Phi) is 29.6. The van der Waals surface area contributed by atoms with Crippen LogP contribution in [-0.4, -0.2) is 9.52 Å². The van der Waals surface area contributed by atoms with Crippen LogP contribution in [0.25, 0.3) is 5.73 Å². The summed E-state index contributed by atoms with van der Waals surface area (Å²) in [5.41, 5.74) is 8.87. The molecule has 0 amide bonds. The molecule has 0 aromatic heterocycles. The van der Waals surface area contributed by atoms with Crippen molar-refractivity contribution in [3.63, 3.8) is 0 Å². The van der Waals surface area contributed by atoms with E-state index in [0.29, 0.717) is 5.69 Å². The van der Waals surface area contributed by atoms with Crippen molar-refractivity contribution in [3.05, 3.63) is 59.9 Å². The van der Waals surface area contributed by atoms with Gasteiger partial charge in [-0.05, 0) is 6.92 Å². The molecule has 0 fully saturated rings. The van der Waals surface area contributed by atoms with E-state index in [-0.39, 0.29) is 50.7 Å². The fourth-order valence-corrected chi connectivity index (χ4v) is 0.913. The van der Waals surface area contributed by atoms with Gasteiger partial charge in [0.2, 0.25) is 0 Å². The number of hydrogen-bond acceptors (Lipinski definition) is 0. The molecule has 106 valence electrons. The first-order valence-electron chi connectivity index (χ1n) is 5.29. The van der Waals surface area contributed by atoms with E-state index in [1.165, 1.54) is 0 Å². The van der Waals surface area contributed by atoms with E-state index in [9.17, 15) is 0 Å². The van der Waals surface area contributed by atoms with Crippen molar-refractivity contribution in [2.75, 3.05) is 0 Å². The zero-order chi connectivity index (χ0) is 12.2. The first kappa shape index (κ1) is 27.5. The predicted molar refractivity (Wildman–Crippen MR) is 88.7 cm³/mol. The topological polar surface area (TPSA) is 23.8 Å². The fraction of sp³-hybridized carbons (Fsp3) is 0.286. The molecule has 0 spiro atoms. The Balaban J connectivity index is -0.0000000907. The van der Waals surface area contributed by atoms with Crippen molar-refractivity contribution in [3.8, 4) is 0 Å². The molecule has 2 rings (SSSR count). The van der Waals surface area contributed by atoms with Crippen LogP contribution in [0.1, 0.15) is 12.0 Å². The van der Waals surface area contributed by atoms with Gasteiger partial charge in [0, 0.05) is 35.4 Å². The van der Waals surface area contributed by atoms with E-state index in [4.69, 9.17) is 5.73 Å². The fourth-order valence-electron chi connectivity index (χ4n) is 0.913. The molecule has 1 aromatic carbocycles. The summed E-state index contributed by atoms with van der Waals surface area (Å²) in [5.74, 6) is 0. The maximum Gasteiger partial charge on any atom is 0.0307 e. The second-order valence-corrected chi connectivity index (χ2v) is 4.32. The van der Waals surface area contributed by atoms with E-state index in [0.717, 1.165) is 21.5 Å². The molecule has 5 heteroatoms. The van der Waals surface area contributed by atoms with Crippen LogP contribution in [0.4, 0.5) is 5.69 Å².